The maximum absolute atomic E-state index is 5.30. The Labute approximate surface area is 152 Å². The van der Waals surface area contributed by atoms with Crippen LogP contribution in [0.4, 0.5) is 0 Å². The minimum atomic E-state index is 0.0804. The van der Waals surface area contributed by atoms with Crippen LogP contribution in [0.3, 0.4) is 0 Å². The second-order valence-electron chi connectivity index (χ2n) is 3.70. The van der Waals surface area contributed by atoms with Gasteiger partial charge in [0.25, 0.3) is 0 Å². The zero-order valence-corrected chi connectivity index (χ0v) is 15.2. The molecule has 0 aromatic carbocycles. The Morgan fingerprint density at radius 3 is 1.73 bits per heavy atom. The van der Waals surface area contributed by atoms with Gasteiger partial charge in [0.2, 0.25) is 0 Å². The van der Waals surface area contributed by atoms with Gasteiger partial charge in [-0.15, -0.1) is 0 Å². The Kier molecular flexibility index (Phi) is 11.0. The molecule has 22 heavy (non-hydrogen) atoms. The number of thiol groups is 2. The van der Waals surface area contributed by atoms with Gasteiger partial charge in [0.1, 0.15) is 0 Å². The van der Waals surface area contributed by atoms with Crippen LogP contribution in [0, 0.1) is 0 Å². The van der Waals surface area contributed by atoms with E-state index < -0.39 is 0 Å². The van der Waals surface area contributed by atoms with Crippen molar-refractivity contribution in [2.75, 3.05) is 0 Å². The van der Waals surface area contributed by atoms with Gasteiger partial charge in [0.15, 0.2) is 34.7 Å². The number of pyridine rings is 1. The number of hydrogen-bond acceptors (Lipinski definition) is 3. The predicted octanol–water partition coefficient (Wildman–Crippen LogP) is 0.615. The number of nitrogens with two attached hydrogens (primary N) is 2. The quantitative estimate of drug-likeness (QED) is 0.190. The van der Waals surface area contributed by atoms with Crippen molar-refractivity contribution in [1.29, 1.82) is 0 Å². The molecule has 0 aliphatic heterocycles. The van der Waals surface area contributed by atoms with Gasteiger partial charge < -0.3 is 21.1 Å². The van der Waals surface area contributed by atoms with E-state index in [0.717, 1.165) is 0 Å². The van der Waals surface area contributed by atoms with Gasteiger partial charge >= 0.3 is 25.2 Å². The van der Waals surface area contributed by atoms with Crippen molar-refractivity contribution in [1.82, 2.24) is 4.98 Å². The van der Waals surface area contributed by atoms with Crippen LogP contribution in [0.1, 0.15) is 25.2 Å². The average molecular weight is 408 g/mol. The first-order valence-corrected chi connectivity index (χ1v) is 7.81. The fraction of sp³-hybridized carbons (Fsp3) is 0.182. The van der Waals surface area contributed by atoms with Crippen molar-refractivity contribution in [2.45, 2.75) is 13.8 Å². The third-order valence-electron chi connectivity index (χ3n) is 2.10. The van der Waals surface area contributed by atoms with E-state index >= 15 is 0 Å². The fourth-order valence-corrected chi connectivity index (χ4v) is 1.28. The van der Waals surface area contributed by atoms with E-state index in [0.29, 0.717) is 22.8 Å². The molecular formula is C11H15ClCuN7S2+. The van der Waals surface area contributed by atoms with Crippen molar-refractivity contribution >= 4 is 56.2 Å². The van der Waals surface area contributed by atoms with Gasteiger partial charge in [0.05, 0.1) is 11.4 Å². The third kappa shape index (κ3) is 8.44. The summed E-state index contributed by atoms with van der Waals surface area (Å²) >= 11 is 11.3. The van der Waals surface area contributed by atoms with Gasteiger partial charge in [-0.1, -0.05) is 6.07 Å². The van der Waals surface area contributed by atoms with Crippen LogP contribution in [0.2, 0.25) is 0 Å². The topological polar surface area (TPSA) is 118 Å². The van der Waals surface area contributed by atoms with Crippen molar-refractivity contribution in [3.05, 3.63) is 40.4 Å². The second kappa shape index (κ2) is 11.6. The van der Waals surface area contributed by atoms with Gasteiger partial charge in [-0.25, -0.2) is 4.98 Å². The number of nitrogens with zero attached hydrogens (tertiary/aromatic N) is 5. The summed E-state index contributed by atoms with van der Waals surface area (Å²) in [6.07, 6.45) is 0. The van der Waals surface area contributed by atoms with E-state index in [1.54, 1.807) is 26.0 Å². The molecule has 0 saturated carbocycles. The molecule has 0 atom stereocenters. The molecule has 123 valence electrons. The van der Waals surface area contributed by atoms with Crippen LogP contribution in [-0.4, -0.2) is 26.6 Å². The SMILES string of the molecule is CC(=N[N-]C(N)=[SH+])c1cccc(C(C)=N[N-]C(N)=[SH+])n1.[Cl][Cu+]. The van der Waals surface area contributed by atoms with Gasteiger partial charge in [-0.2, -0.15) is 0 Å². The number of hydrogen-bond donors (Lipinski definition) is 2. The Morgan fingerprint density at radius 2 is 1.41 bits per heavy atom. The average Bonchev–Trinajstić information content (AvgIpc) is 2.52. The molecule has 0 fully saturated rings. The Bertz CT molecular complexity index is 544. The fourth-order valence-electron chi connectivity index (χ4n) is 1.19. The van der Waals surface area contributed by atoms with Gasteiger partial charge in [-0.3, -0.25) is 11.5 Å². The zero-order chi connectivity index (χ0) is 17.1. The summed E-state index contributed by atoms with van der Waals surface area (Å²) < 4.78 is 0. The van der Waals surface area contributed by atoms with E-state index in [4.69, 9.17) is 11.5 Å². The van der Waals surface area contributed by atoms with E-state index in [1.165, 1.54) is 0 Å². The van der Waals surface area contributed by atoms with Crippen LogP contribution in [0.15, 0.2) is 28.4 Å². The predicted molar refractivity (Wildman–Crippen MR) is 97.1 cm³/mol. The molecule has 1 aromatic rings. The molecule has 0 bridgehead atoms. The molecule has 0 amide bonds. The Morgan fingerprint density at radius 1 is 1.05 bits per heavy atom. The molecule has 0 unspecified atom stereocenters. The van der Waals surface area contributed by atoms with Crippen molar-refractivity contribution in [2.24, 2.45) is 21.7 Å². The molecule has 4 N–H and O–H groups in total. The first-order chi connectivity index (χ1) is 10.4. The summed E-state index contributed by atoms with van der Waals surface area (Å²) in [5.74, 6) is 0. The number of rotatable bonds is 4. The maximum atomic E-state index is 5.30. The van der Waals surface area contributed by atoms with Gasteiger partial charge in [-0.05, 0) is 26.0 Å². The van der Waals surface area contributed by atoms with Crippen molar-refractivity contribution in [3.8, 4) is 0 Å². The minimum absolute atomic E-state index is 0.0804. The summed E-state index contributed by atoms with van der Waals surface area (Å²) in [5, 5.41) is 7.98. The van der Waals surface area contributed by atoms with Crippen LogP contribution in [-0.2, 0) is 39.5 Å². The molecule has 1 rings (SSSR count). The summed E-state index contributed by atoms with van der Waals surface area (Å²) in [4.78, 5) is 4.40. The summed E-state index contributed by atoms with van der Waals surface area (Å²) in [7, 11) is 4.20. The van der Waals surface area contributed by atoms with Crippen LogP contribution >= 0.6 is 10.1 Å². The molecule has 1 heterocycles. The molecule has 1 aromatic heterocycles. The molecule has 0 radical (unpaired) electrons. The summed E-state index contributed by atoms with van der Waals surface area (Å²) in [5.41, 5.74) is 20.4. The number of aromatic nitrogens is 1. The van der Waals surface area contributed by atoms with Crippen molar-refractivity contribution in [3.63, 3.8) is 0 Å². The Balaban J connectivity index is 0.00000211. The first-order valence-electron chi connectivity index (χ1n) is 5.62. The standard InChI is InChI=1S/C11H15N7S2.ClH.Cu/c1-6(15-17-10(12)19)8-4-3-5-9(14-8)7(2)16-18-11(13)20;;/h3-5H,1-2H3,(H6,12,13,14,17,18,19,20);1H;/q;;+2/p-1. The van der Waals surface area contributed by atoms with E-state index in [2.05, 4.69) is 75.7 Å². The molecule has 7 nitrogen and oxygen atoms in total. The van der Waals surface area contributed by atoms with Crippen LogP contribution < -0.4 is 11.5 Å². The van der Waals surface area contributed by atoms with Crippen LogP contribution in [0.25, 0.3) is 10.9 Å². The monoisotopic (exact) mass is 407 g/mol. The number of halogens is 1. The molecule has 0 aliphatic rings. The van der Waals surface area contributed by atoms with Gasteiger partial charge in [0, 0.05) is 11.4 Å². The third-order valence-corrected chi connectivity index (χ3v) is 2.27. The molecule has 0 spiro atoms. The molecule has 11 heteroatoms. The van der Waals surface area contributed by atoms with E-state index in [-0.39, 0.29) is 10.2 Å². The van der Waals surface area contributed by atoms with E-state index in [9.17, 15) is 0 Å². The Hall–Kier alpha value is -1.00. The summed E-state index contributed by atoms with van der Waals surface area (Å²) in [6, 6.07) is 5.43. The van der Waals surface area contributed by atoms with Crippen LogP contribution in [0.5, 0.6) is 0 Å². The second-order valence-corrected chi connectivity index (χ2v) is 4.61. The first kappa shape index (κ1) is 21.0. The molecular weight excluding hydrogens is 393 g/mol. The van der Waals surface area contributed by atoms with E-state index in [1.807, 2.05) is 6.07 Å². The summed E-state index contributed by atoms with van der Waals surface area (Å²) in [6.45, 7) is 3.53. The van der Waals surface area contributed by atoms with Crippen molar-refractivity contribution < 1.29 is 15.1 Å². The normalized spacial score (nSPS) is 11.2. The molecule has 0 saturated heterocycles. The zero-order valence-electron chi connectivity index (χ0n) is 11.7. The molecule has 0 aliphatic carbocycles.